The van der Waals surface area contributed by atoms with Crippen LogP contribution in [-0.2, 0) is 4.74 Å². The fourth-order valence-electron chi connectivity index (χ4n) is 3.66. The molecule has 1 atom stereocenters. The predicted molar refractivity (Wildman–Crippen MR) is 110 cm³/mol. The largest absolute Gasteiger partial charge is 0.445 e. The summed E-state index contributed by atoms with van der Waals surface area (Å²) in [5.74, 6) is 1.76. The van der Waals surface area contributed by atoms with E-state index in [4.69, 9.17) is 4.74 Å². The number of amides is 1. The Hall–Kier alpha value is -2.38. The van der Waals surface area contributed by atoms with Crippen LogP contribution in [0.15, 0.2) is 36.5 Å². The molecule has 1 aromatic carbocycles. The van der Waals surface area contributed by atoms with Gasteiger partial charge >= 0.3 is 6.09 Å². The second-order valence-corrected chi connectivity index (χ2v) is 7.26. The van der Waals surface area contributed by atoms with Gasteiger partial charge in [-0.3, -0.25) is 5.32 Å². The number of hydrogen-bond donors (Lipinski definition) is 3. The van der Waals surface area contributed by atoms with Crippen LogP contribution in [-0.4, -0.2) is 55.7 Å². The van der Waals surface area contributed by atoms with E-state index in [2.05, 4.69) is 50.8 Å². The summed E-state index contributed by atoms with van der Waals surface area (Å²) in [6.07, 6.45) is 4.90. The van der Waals surface area contributed by atoms with E-state index in [1.54, 1.807) is 7.05 Å². The van der Waals surface area contributed by atoms with Crippen molar-refractivity contribution in [3.63, 3.8) is 0 Å². The summed E-state index contributed by atoms with van der Waals surface area (Å²) >= 11 is 0. The number of benzene rings is 1. The third-order valence-corrected chi connectivity index (χ3v) is 5.33. The Labute approximate surface area is 166 Å². The topological polar surface area (TPSA) is 86.7 Å². The van der Waals surface area contributed by atoms with Crippen molar-refractivity contribution in [3.05, 3.63) is 36.5 Å². The first-order valence-electron chi connectivity index (χ1n) is 10.0. The van der Waals surface area contributed by atoms with Gasteiger partial charge in [-0.25, -0.2) is 9.78 Å². The lowest BCUT2D eigenvalue weighted by atomic mass is 9.92. The molecule has 1 aromatic heterocycles. The lowest BCUT2D eigenvalue weighted by molar-refractivity contribution is 0.0535. The first-order valence-corrected chi connectivity index (χ1v) is 10.0. The normalized spacial score (nSPS) is 16.1. The number of aromatic nitrogens is 1. The minimum atomic E-state index is -0.827. The first-order chi connectivity index (χ1) is 13.7. The maximum atomic E-state index is 11.5. The highest BCUT2D eigenvalue weighted by molar-refractivity contribution is 5.92. The number of fused-ring (bicyclic) bond motifs is 1. The second-order valence-electron chi connectivity index (χ2n) is 7.26. The molecule has 1 amide bonds. The van der Waals surface area contributed by atoms with Gasteiger partial charge in [0.2, 0.25) is 0 Å². The van der Waals surface area contributed by atoms with Crippen LogP contribution in [0.2, 0.25) is 0 Å². The molecule has 2 heterocycles. The van der Waals surface area contributed by atoms with E-state index in [9.17, 15) is 9.90 Å². The molecule has 0 bridgehead atoms. The van der Waals surface area contributed by atoms with Crippen molar-refractivity contribution < 1.29 is 14.6 Å². The minimum Gasteiger partial charge on any atom is -0.445 e. The van der Waals surface area contributed by atoms with E-state index in [1.807, 2.05) is 6.20 Å². The zero-order chi connectivity index (χ0) is 19.8. The molecular weight excluding hydrogens is 356 g/mol. The fraction of sp³-hybridized carbons (Fsp3) is 0.524. The van der Waals surface area contributed by atoms with Crippen LogP contribution >= 0.6 is 0 Å². The molecule has 7 nitrogen and oxygen atoms in total. The van der Waals surface area contributed by atoms with Gasteiger partial charge in [-0.05, 0) is 50.1 Å². The van der Waals surface area contributed by atoms with Crippen LogP contribution < -0.4 is 15.5 Å². The summed E-state index contributed by atoms with van der Waals surface area (Å²) < 4.78 is 4.91. The maximum absolute atomic E-state index is 11.5. The van der Waals surface area contributed by atoms with Gasteiger partial charge in [-0.15, -0.1) is 0 Å². The molecule has 1 fully saturated rings. The van der Waals surface area contributed by atoms with Gasteiger partial charge in [-0.2, -0.15) is 0 Å². The molecule has 1 saturated heterocycles. The monoisotopic (exact) mass is 386 g/mol. The molecule has 0 spiro atoms. The smallest absolute Gasteiger partial charge is 0.407 e. The maximum Gasteiger partial charge on any atom is 0.407 e. The summed E-state index contributed by atoms with van der Waals surface area (Å²) in [7, 11) is 1.60. The average Bonchev–Trinajstić information content (AvgIpc) is 2.75. The van der Waals surface area contributed by atoms with E-state index in [0.717, 1.165) is 44.6 Å². The van der Waals surface area contributed by atoms with Gasteiger partial charge in [0.05, 0.1) is 0 Å². The predicted octanol–water partition coefficient (Wildman–Crippen LogP) is 2.50. The van der Waals surface area contributed by atoms with Gasteiger partial charge in [0.1, 0.15) is 18.7 Å². The van der Waals surface area contributed by atoms with Crippen LogP contribution in [0.5, 0.6) is 0 Å². The van der Waals surface area contributed by atoms with Crippen molar-refractivity contribution in [3.8, 4) is 0 Å². The molecular formula is C21H30N4O3. The molecule has 3 rings (SSSR count). The number of likely N-dealkylation sites (N-methyl/N-ethyl adjacent to an activating group) is 1. The highest BCUT2D eigenvalue weighted by Gasteiger charge is 2.21. The number of hydrogen-bond acceptors (Lipinski definition) is 6. The molecule has 152 valence electrons. The summed E-state index contributed by atoms with van der Waals surface area (Å²) in [6, 6.07) is 10.5. The Balaban J connectivity index is 1.37. The van der Waals surface area contributed by atoms with E-state index < -0.39 is 12.3 Å². The van der Waals surface area contributed by atoms with Crippen LogP contribution in [0.4, 0.5) is 10.6 Å². The Morgan fingerprint density at radius 3 is 2.89 bits per heavy atom. The van der Waals surface area contributed by atoms with Crippen LogP contribution in [0.1, 0.15) is 25.7 Å². The molecule has 0 aliphatic carbocycles. The molecule has 0 radical (unpaired) electrons. The molecule has 1 aliphatic heterocycles. The third-order valence-electron chi connectivity index (χ3n) is 5.33. The van der Waals surface area contributed by atoms with Crippen LogP contribution in [0.25, 0.3) is 10.8 Å². The SMILES string of the molecule is CNC(O)COC(=O)NCCCC1CCN(c2nccc3ccccc23)CC1. The van der Waals surface area contributed by atoms with Crippen molar-refractivity contribution in [2.75, 3.05) is 38.2 Å². The molecule has 2 aromatic rings. The van der Waals surface area contributed by atoms with Crippen molar-refractivity contribution in [2.45, 2.75) is 31.9 Å². The summed E-state index contributed by atoms with van der Waals surface area (Å²) in [4.78, 5) is 18.6. The number of rotatable bonds is 8. The zero-order valence-corrected chi connectivity index (χ0v) is 16.4. The van der Waals surface area contributed by atoms with Gasteiger partial charge in [0.25, 0.3) is 0 Å². The fourth-order valence-corrected chi connectivity index (χ4v) is 3.66. The number of aliphatic hydroxyl groups excluding tert-OH is 1. The van der Waals surface area contributed by atoms with Crippen molar-refractivity contribution in [1.29, 1.82) is 0 Å². The number of carbonyl (C=O) groups excluding carboxylic acids is 1. The minimum absolute atomic E-state index is 0.0526. The highest BCUT2D eigenvalue weighted by Crippen LogP contribution is 2.29. The highest BCUT2D eigenvalue weighted by atomic mass is 16.6. The van der Waals surface area contributed by atoms with E-state index in [0.29, 0.717) is 12.5 Å². The number of nitrogens with one attached hydrogen (secondary N) is 2. The van der Waals surface area contributed by atoms with Crippen molar-refractivity contribution in [1.82, 2.24) is 15.6 Å². The number of ether oxygens (including phenoxy) is 1. The number of pyridine rings is 1. The summed E-state index contributed by atoms with van der Waals surface area (Å²) in [5.41, 5.74) is 0. The van der Waals surface area contributed by atoms with E-state index in [1.165, 1.54) is 10.8 Å². The van der Waals surface area contributed by atoms with E-state index in [-0.39, 0.29) is 6.61 Å². The summed E-state index contributed by atoms with van der Waals surface area (Å²) in [6.45, 7) is 2.58. The standard InChI is InChI=1S/C21H30N4O3/c1-22-19(26)15-28-21(27)24-11-4-5-16-9-13-25(14-10-16)20-18-7-3-2-6-17(18)8-12-23-20/h2-3,6-8,12,16,19,22,26H,4-5,9-11,13-15H2,1H3,(H,24,27). The number of nitrogens with zero attached hydrogens (tertiary/aromatic N) is 2. The third kappa shape index (κ3) is 5.56. The number of piperidine rings is 1. The lowest BCUT2D eigenvalue weighted by Crippen LogP contribution is -2.35. The number of alkyl carbamates (subject to hydrolysis) is 1. The van der Waals surface area contributed by atoms with Gasteiger partial charge in [0, 0.05) is 31.2 Å². The van der Waals surface area contributed by atoms with Crippen LogP contribution in [0.3, 0.4) is 0 Å². The van der Waals surface area contributed by atoms with Crippen LogP contribution in [0, 0.1) is 5.92 Å². The van der Waals surface area contributed by atoms with Gasteiger partial charge in [-0.1, -0.05) is 24.3 Å². The van der Waals surface area contributed by atoms with Crippen molar-refractivity contribution in [2.24, 2.45) is 5.92 Å². The average molecular weight is 386 g/mol. The summed E-state index contributed by atoms with van der Waals surface area (Å²) in [5, 5.41) is 17.1. The Morgan fingerprint density at radius 2 is 2.11 bits per heavy atom. The molecule has 7 heteroatoms. The molecule has 3 N–H and O–H groups in total. The van der Waals surface area contributed by atoms with Gasteiger partial charge < -0.3 is 20.1 Å². The Morgan fingerprint density at radius 1 is 1.32 bits per heavy atom. The second kappa shape index (κ2) is 10.2. The molecule has 1 unspecified atom stereocenters. The van der Waals surface area contributed by atoms with Gasteiger partial charge in [0.15, 0.2) is 0 Å². The number of carbonyl (C=O) groups is 1. The first kappa shape index (κ1) is 20.4. The van der Waals surface area contributed by atoms with Crippen molar-refractivity contribution >= 4 is 22.7 Å². The zero-order valence-electron chi connectivity index (χ0n) is 16.4. The number of anilines is 1. The number of aliphatic hydroxyl groups is 1. The molecule has 1 aliphatic rings. The quantitative estimate of drug-likeness (QED) is 0.477. The lowest BCUT2D eigenvalue weighted by Gasteiger charge is -2.33. The molecule has 0 saturated carbocycles. The van der Waals surface area contributed by atoms with E-state index >= 15 is 0 Å². The Kier molecular flexibility index (Phi) is 7.45. The Bertz CT molecular complexity index is 757. The molecule has 28 heavy (non-hydrogen) atoms.